The molecule has 0 aliphatic carbocycles. The third-order valence-electron chi connectivity index (χ3n) is 4.06. The van der Waals surface area contributed by atoms with Gasteiger partial charge in [0, 0.05) is 24.7 Å². The van der Waals surface area contributed by atoms with Gasteiger partial charge in [-0.05, 0) is 56.5 Å². The smallest absolute Gasteiger partial charge is 0.191 e. The molecular weight excluding hydrogens is 308 g/mol. The van der Waals surface area contributed by atoms with Crippen LogP contribution in [0, 0.1) is 5.92 Å². The monoisotopic (exact) mass is 336 g/mol. The van der Waals surface area contributed by atoms with Crippen LogP contribution in [0.1, 0.15) is 32.3 Å². The molecule has 2 N–H and O–H groups in total. The maximum atomic E-state index is 5.91. The zero-order valence-electron chi connectivity index (χ0n) is 14.3. The molecule has 1 saturated heterocycles. The molecule has 1 aromatic carbocycles. The molecule has 0 aromatic heterocycles. The van der Waals surface area contributed by atoms with Crippen LogP contribution in [-0.2, 0) is 6.54 Å². The Morgan fingerprint density at radius 1 is 1.22 bits per heavy atom. The normalized spacial score (nSPS) is 17.3. The van der Waals surface area contributed by atoms with Crippen molar-refractivity contribution < 1.29 is 0 Å². The fourth-order valence-corrected chi connectivity index (χ4v) is 2.97. The predicted octanol–water partition coefficient (Wildman–Crippen LogP) is 3.13. The molecule has 1 unspecified atom stereocenters. The summed E-state index contributed by atoms with van der Waals surface area (Å²) in [7, 11) is 0. The molecule has 1 aliphatic rings. The predicted molar refractivity (Wildman–Crippen MR) is 99.1 cm³/mol. The lowest BCUT2D eigenvalue weighted by Gasteiger charge is -2.21. The molecule has 2 rings (SSSR count). The van der Waals surface area contributed by atoms with Gasteiger partial charge in [0.25, 0.3) is 0 Å². The Balaban J connectivity index is 1.79. The lowest BCUT2D eigenvalue weighted by atomic mass is 10.1. The highest BCUT2D eigenvalue weighted by Crippen LogP contribution is 2.11. The maximum absolute atomic E-state index is 5.91. The molecule has 0 spiro atoms. The van der Waals surface area contributed by atoms with Gasteiger partial charge in [0.05, 0.1) is 6.54 Å². The second-order valence-electron chi connectivity index (χ2n) is 6.32. The van der Waals surface area contributed by atoms with Crippen molar-refractivity contribution in [1.82, 2.24) is 15.5 Å². The third-order valence-corrected chi connectivity index (χ3v) is 4.32. The number of nitrogens with one attached hydrogen (secondary N) is 2. The molecule has 128 valence electrons. The Hall–Kier alpha value is -1.26. The Bertz CT molecular complexity index is 480. The van der Waals surface area contributed by atoms with Crippen LogP contribution in [0.15, 0.2) is 29.3 Å². The van der Waals surface area contributed by atoms with Gasteiger partial charge in [-0.3, -0.25) is 0 Å². The quantitative estimate of drug-likeness (QED) is 0.593. The average molecular weight is 337 g/mol. The average Bonchev–Trinajstić information content (AvgIpc) is 3.04. The van der Waals surface area contributed by atoms with E-state index in [0.29, 0.717) is 12.5 Å². The molecule has 1 aromatic rings. The summed E-state index contributed by atoms with van der Waals surface area (Å²) in [6.45, 7) is 10.6. The lowest BCUT2D eigenvalue weighted by Crippen LogP contribution is -2.41. The standard InChI is InChI=1S/C18H29ClN4/c1-3-20-18(22-13-16-6-8-17(19)9-7-16)21-12-15(2)14-23-10-4-5-11-23/h6-9,15H,3-5,10-14H2,1-2H3,(H2,20,21,22). The number of halogens is 1. The maximum Gasteiger partial charge on any atom is 0.191 e. The van der Waals surface area contributed by atoms with Crippen molar-refractivity contribution >= 4 is 17.6 Å². The minimum absolute atomic E-state index is 0.618. The molecule has 1 heterocycles. The van der Waals surface area contributed by atoms with Crippen molar-refractivity contribution in [1.29, 1.82) is 0 Å². The molecular formula is C18H29ClN4. The second kappa shape index (κ2) is 9.78. The summed E-state index contributed by atoms with van der Waals surface area (Å²) in [4.78, 5) is 7.21. The van der Waals surface area contributed by atoms with E-state index in [2.05, 4.69) is 34.4 Å². The van der Waals surface area contributed by atoms with Gasteiger partial charge in [-0.25, -0.2) is 4.99 Å². The van der Waals surface area contributed by atoms with E-state index in [4.69, 9.17) is 11.6 Å². The largest absolute Gasteiger partial charge is 0.357 e. The van der Waals surface area contributed by atoms with Crippen LogP contribution in [0.25, 0.3) is 0 Å². The highest BCUT2D eigenvalue weighted by atomic mass is 35.5. The summed E-state index contributed by atoms with van der Waals surface area (Å²) < 4.78 is 0. The number of nitrogens with zero attached hydrogens (tertiary/aromatic N) is 2. The van der Waals surface area contributed by atoms with Crippen LogP contribution in [-0.4, -0.2) is 43.6 Å². The molecule has 0 saturated carbocycles. The van der Waals surface area contributed by atoms with Gasteiger partial charge in [0.2, 0.25) is 0 Å². The number of likely N-dealkylation sites (tertiary alicyclic amines) is 1. The summed E-state index contributed by atoms with van der Waals surface area (Å²) in [5, 5.41) is 7.54. The van der Waals surface area contributed by atoms with Crippen LogP contribution in [0.2, 0.25) is 5.02 Å². The van der Waals surface area contributed by atoms with E-state index < -0.39 is 0 Å². The van der Waals surface area contributed by atoms with Crippen molar-refractivity contribution in [3.8, 4) is 0 Å². The number of hydrogen-bond acceptors (Lipinski definition) is 2. The Morgan fingerprint density at radius 2 is 1.91 bits per heavy atom. The molecule has 1 atom stereocenters. The van der Waals surface area contributed by atoms with E-state index in [1.165, 1.54) is 32.5 Å². The van der Waals surface area contributed by atoms with Crippen LogP contribution in [0.3, 0.4) is 0 Å². The first-order valence-corrected chi connectivity index (χ1v) is 9.04. The molecule has 5 heteroatoms. The van der Waals surface area contributed by atoms with Crippen LogP contribution in [0.5, 0.6) is 0 Å². The van der Waals surface area contributed by atoms with Crippen LogP contribution in [0.4, 0.5) is 0 Å². The van der Waals surface area contributed by atoms with Gasteiger partial charge in [-0.2, -0.15) is 0 Å². The van der Waals surface area contributed by atoms with Gasteiger partial charge in [-0.1, -0.05) is 30.7 Å². The van der Waals surface area contributed by atoms with E-state index >= 15 is 0 Å². The highest BCUT2D eigenvalue weighted by Gasteiger charge is 2.14. The number of guanidine groups is 1. The molecule has 0 bridgehead atoms. The summed E-state index contributed by atoms with van der Waals surface area (Å²) in [6.07, 6.45) is 2.71. The van der Waals surface area contributed by atoms with E-state index in [1.54, 1.807) is 0 Å². The molecule has 0 radical (unpaired) electrons. The number of benzene rings is 1. The summed E-state index contributed by atoms with van der Waals surface area (Å²) in [6, 6.07) is 7.85. The van der Waals surface area contributed by atoms with Gasteiger partial charge in [0.1, 0.15) is 0 Å². The topological polar surface area (TPSA) is 39.7 Å². The zero-order chi connectivity index (χ0) is 16.5. The molecule has 1 fully saturated rings. The number of hydrogen-bond donors (Lipinski definition) is 2. The fraction of sp³-hybridized carbons (Fsp3) is 0.611. The van der Waals surface area contributed by atoms with Gasteiger partial charge in [-0.15, -0.1) is 0 Å². The summed E-state index contributed by atoms with van der Waals surface area (Å²) in [5.41, 5.74) is 1.16. The van der Waals surface area contributed by atoms with Gasteiger partial charge < -0.3 is 15.5 Å². The van der Waals surface area contributed by atoms with Crippen molar-refractivity contribution in [2.24, 2.45) is 10.9 Å². The first-order chi connectivity index (χ1) is 11.2. The van der Waals surface area contributed by atoms with Gasteiger partial charge >= 0.3 is 0 Å². The summed E-state index contributed by atoms with van der Waals surface area (Å²) in [5.74, 6) is 1.50. The van der Waals surface area contributed by atoms with Crippen LogP contribution < -0.4 is 10.6 Å². The SMILES string of the molecule is CCNC(=NCc1ccc(Cl)cc1)NCC(C)CN1CCCC1. The zero-order valence-corrected chi connectivity index (χ0v) is 15.1. The van der Waals surface area contributed by atoms with Crippen molar-refractivity contribution in [2.75, 3.05) is 32.7 Å². The lowest BCUT2D eigenvalue weighted by molar-refractivity contribution is 0.287. The molecule has 23 heavy (non-hydrogen) atoms. The second-order valence-corrected chi connectivity index (χ2v) is 6.75. The Labute approximate surface area is 145 Å². The Morgan fingerprint density at radius 3 is 2.57 bits per heavy atom. The Kier molecular flexibility index (Phi) is 7.69. The van der Waals surface area contributed by atoms with Crippen molar-refractivity contribution in [3.05, 3.63) is 34.9 Å². The number of aliphatic imine (C=N–C) groups is 1. The van der Waals surface area contributed by atoms with E-state index in [9.17, 15) is 0 Å². The molecule has 4 nitrogen and oxygen atoms in total. The molecule has 1 aliphatic heterocycles. The number of rotatable bonds is 7. The van der Waals surface area contributed by atoms with Gasteiger partial charge in [0.15, 0.2) is 5.96 Å². The highest BCUT2D eigenvalue weighted by molar-refractivity contribution is 6.30. The van der Waals surface area contributed by atoms with E-state index in [-0.39, 0.29) is 0 Å². The fourth-order valence-electron chi connectivity index (χ4n) is 2.84. The molecule has 0 amide bonds. The van der Waals surface area contributed by atoms with E-state index in [1.807, 2.05) is 24.3 Å². The van der Waals surface area contributed by atoms with Crippen molar-refractivity contribution in [3.63, 3.8) is 0 Å². The summed E-state index contributed by atoms with van der Waals surface area (Å²) >= 11 is 5.91. The first kappa shape index (κ1) is 18.1. The minimum atomic E-state index is 0.618. The third kappa shape index (κ3) is 6.80. The van der Waals surface area contributed by atoms with Crippen LogP contribution >= 0.6 is 11.6 Å². The van der Waals surface area contributed by atoms with E-state index in [0.717, 1.165) is 29.6 Å². The first-order valence-electron chi connectivity index (χ1n) is 8.66. The minimum Gasteiger partial charge on any atom is -0.357 e. The van der Waals surface area contributed by atoms with Crippen molar-refractivity contribution in [2.45, 2.75) is 33.2 Å².